The first kappa shape index (κ1) is 17.6. The van der Waals surface area contributed by atoms with E-state index in [2.05, 4.69) is 30.8 Å². The van der Waals surface area contributed by atoms with Crippen LogP contribution in [0.5, 0.6) is 0 Å². The van der Waals surface area contributed by atoms with Gasteiger partial charge in [-0.3, -0.25) is 4.98 Å². The Balaban J connectivity index is 1.31. The highest BCUT2D eigenvalue weighted by atomic mass is 16.4. The summed E-state index contributed by atoms with van der Waals surface area (Å²) in [6.45, 7) is 6.55. The van der Waals surface area contributed by atoms with Gasteiger partial charge in [0.2, 0.25) is 5.65 Å². The summed E-state index contributed by atoms with van der Waals surface area (Å²) < 4.78 is 6.10. The SMILES string of the molecule is Cc1cc(-c2cnc3nc(N4CCC(N5CCCCC5)CC4)oc3c2)ccn1. The number of fused-ring (bicyclic) bond motifs is 1. The Bertz CT molecular complexity index is 954. The number of hydrogen-bond donors (Lipinski definition) is 0. The van der Waals surface area contributed by atoms with Crippen LogP contribution >= 0.6 is 0 Å². The molecule has 0 aliphatic carbocycles. The van der Waals surface area contributed by atoms with E-state index in [0.29, 0.717) is 11.7 Å². The molecule has 0 bridgehead atoms. The Morgan fingerprint density at radius 1 is 0.964 bits per heavy atom. The molecule has 2 fully saturated rings. The number of hydrogen-bond acceptors (Lipinski definition) is 6. The van der Waals surface area contributed by atoms with E-state index in [1.54, 1.807) is 0 Å². The standard InChI is InChI=1S/C22H27N5O/c1-16-13-17(5-8-23-16)18-14-20-21(24-15-18)25-22(28-20)27-11-6-19(7-12-27)26-9-3-2-4-10-26/h5,8,13-15,19H,2-4,6-7,9-12H2,1H3. The van der Waals surface area contributed by atoms with Crippen molar-refractivity contribution in [2.45, 2.75) is 45.1 Å². The van der Waals surface area contributed by atoms with E-state index >= 15 is 0 Å². The molecule has 0 spiro atoms. The molecule has 28 heavy (non-hydrogen) atoms. The highest BCUT2D eigenvalue weighted by Crippen LogP contribution is 2.29. The molecular weight excluding hydrogens is 350 g/mol. The van der Waals surface area contributed by atoms with Gasteiger partial charge in [-0.15, -0.1) is 0 Å². The van der Waals surface area contributed by atoms with Crippen LogP contribution in [0.25, 0.3) is 22.4 Å². The topological polar surface area (TPSA) is 58.3 Å². The summed E-state index contributed by atoms with van der Waals surface area (Å²) in [6.07, 6.45) is 10.2. The monoisotopic (exact) mass is 377 g/mol. The first-order valence-corrected chi connectivity index (χ1v) is 10.4. The van der Waals surface area contributed by atoms with E-state index in [-0.39, 0.29) is 0 Å². The smallest absolute Gasteiger partial charge is 0.299 e. The van der Waals surface area contributed by atoms with Crippen LogP contribution in [0.15, 0.2) is 35.0 Å². The number of pyridine rings is 2. The Hall–Kier alpha value is -2.47. The second-order valence-electron chi connectivity index (χ2n) is 8.04. The molecule has 0 aromatic carbocycles. The largest absolute Gasteiger partial charge is 0.422 e. The van der Waals surface area contributed by atoms with Crippen LogP contribution in [-0.4, -0.2) is 52.1 Å². The third-order valence-corrected chi connectivity index (χ3v) is 6.11. The number of likely N-dealkylation sites (tertiary alicyclic amines) is 1. The molecule has 0 N–H and O–H groups in total. The first-order chi connectivity index (χ1) is 13.8. The number of oxazole rings is 1. The summed E-state index contributed by atoms with van der Waals surface area (Å²) in [4.78, 5) is 18.4. The minimum atomic E-state index is 0.683. The molecule has 5 heterocycles. The fourth-order valence-electron chi connectivity index (χ4n) is 4.53. The summed E-state index contributed by atoms with van der Waals surface area (Å²) in [5, 5.41) is 0. The first-order valence-electron chi connectivity index (χ1n) is 10.4. The van der Waals surface area contributed by atoms with Crippen molar-refractivity contribution in [2.24, 2.45) is 0 Å². The van der Waals surface area contributed by atoms with Gasteiger partial charge in [-0.2, -0.15) is 4.98 Å². The molecule has 5 rings (SSSR count). The Morgan fingerprint density at radius 2 is 1.79 bits per heavy atom. The van der Waals surface area contributed by atoms with Crippen molar-refractivity contribution >= 4 is 17.2 Å². The van der Waals surface area contributed by atoms with Crippen molar-refractivity contribution in [1.82, 2.24) is 19.9 Å². The average Bonchev–Trinajstić information content (AvgIpc) is 3.18. The van der Waals surface area contributed by atoms with E-state index in [1.807, 2.05) is 31.5 Å². The second kappa shape index (κ2) is 7.51. The molecule has 6 heteroatoms. The van der Waals surface area contributed by atoms with Gasteiger partial charge in [-0.1, -0.05) is 6.42 Å². The van der Waals surface area contributed by atoms with Crippen LogP contribution in [0, 0.1) is 6.92 Å². The summed E-state index contributed by atoms with van der Waals surface area (Å²) >= 11 is 0. The fraction of sp³-hybridized carbons (Fsp3) is 0.500. The van der Waals surface area contributed by atoms with E-state index in [1.165, 1.54) is 45.2 Å². The maximum Gasteiger partial charge on any atom is 0.299 e. The quantitative estimate of drug-likeness (QED) is 0.686. The minimum absolute atomic E-state index is 0.683. The van der Waals surface area contributed by atoms with Crippen LogP contribution in [0.1, 0.15) is 37.8 Å². The Labute approximate surface area is 165 Å². The van der Waals surface area contributed by atoms with Crippen LogP contribution in [-0.2, 0) is 0 Å². The number of aromatic nitrogens is 3. The van der Waals surface area contributed by atoms with Gasteiger partial charge in [0.1, 0.15) is 0 Å². The van der Waals surface area contributed by atoms with Crippen molar-refractivity contribution in [1.29, 1.82) is 0 Å². The average molecular weight is 377 g/mol. The van der Waals surface area contributed by atoms with Crippen molar-refractivity contribution in [3.05, 3.63) is 36.3 Å². The molecule has 2 saturated heterocycles. The predicted molar refractivity (Wildman–Crippen MR) is 110 cm³/mol. The number of aryl methyl sites for hydroxylation is 1. The molecule has 146 valence electrons. The normalized spacial score (nSPS) is 19.4. The van der Waals surface area contributed by atoms with Gasteiger partial charge in [0, 0.05) is 42.8 Å². The molecule has 0 saturated carbocycles. The third-order valence-electron chi connectivity index (χ3n) is 6.11. The lowest BCUT2D eigenvalue weighted by Gasteiger charge is -2.39. The molecule has 0 radical (unpaired) electrons. The lowest BCUT2D eigenvalue weighted by Crippen LogP contribution is -2.46. The van der Waals surface area contributed by atoms with Crippen LogP contribution in [0.3, 0.4) is 0 Å². The van der Waals surface area contributed by atoms with Gasteiger partial charge in [-0.05, 0) is 69.5 Å². The lowest BCUT2D eigenvalue weighted by atomic mass is 10.0. The van der Waals surface area contributed by atoms with Gasteiger partial charge < -0.3 is 14.2 Å². The molecular formula is C22H27N5O. The maximum atomic E-state index is 6.10. The number of piperidine rings is 2. The van der Waals surface area contributed by atoms with E-state index in [4.69, 9.17) is 4.42 Å². The van der Waals surface area contributed by atoms with Gasteiger partial charge >= 0.3 is 0 Å². The van der Waals surface area contributed by atoms with Crippen LogP contribution in [0.4, 0.5) is 6.01 Å². The highest BCUT2D eigenvalue weighted by Gasteiger charge is 2.27. The van der Waals surface area contributed by atoms with Crippen molar-refractivity contribution < 1.29 is 4.42 Å². The van der Waals surface area contributed by atoms with Gasteiger partial charge in [-0.25, -0.2) is 4.98 Å². The number of anilines is 1. The summed E-state index contributed by atoms with van der Waals surface area (Å²) in [7, 11) is 0. The predicted octanol–water partition coefficient (Wildman–Crippen LogP) is 4.05. The zero-order valence-electron chi connectivity index (χ0n) is 16.5. The molecule has 0 amide bonds. The molecule has 2 aliphatic heterocycles. The zero-order chi connectivity index (χ0) is 18.9. The lowest BCUT2D eigenvalue weighted by molar-refractivity contribution is 0.140. The second-order valence-corrected chi connectivity index (χ2v) is 8.04. The molecule has 0 unspecified atom stereocenters. The molecule has 2 aliphatic rings. The van der Waals surface area contributed by atoms with E-state index < -0.39 is 0 Å². The van der Waals surface area contributed by atoms with Crippen molar-refractivity contribution in [3.8, 4) is 11.1 Å². The van der Waals surface area contributed by atoms with Gasteiger partial charge in [0.15, 0.2) is 5.58 Å². The Kier molecular flexibility index (Phi) is 4.72. The third kappa shape index (κ3) is 3.49. The highest BCUT2D eigenvalue weighted by molar-refractivity contribution is 5.77. The van der Waals surface area contributed by atoms with Crippen LogP contribution in [0.2, 0.25) is 0 Å². The minimum Gasteiger partial charge on any atom is -0.422 e. The van der Waals surface area contributed by atoms with Crippen LogP contribution < -0.4 is 4.90 Å². The number of rotatable bonds is 3. The molecule has 3 aromatic rings. The molecule has 6 nitrogen and oxygen atoms in total. The molecule has 3 aromatic heterocycles. The summed E-state index contributed by atoms with van der Waals surface area (Å²) in [5.41, 5.74) is 4.56. The Morgan fingerprint density at radius 3 is 2.57 bits per heavy atom. The van der Waals surface area contributed by atoms with Crippen molar-refractivity contribution in [3.63, 3.8) is 0 Å². The van der Waals surface area contributed by atoms with Gasteiger partial charge in [0.25, 0.3) is 6.01 Å². The van der Waals surface area contributed by atoms with E-state index in [9.17, 15) is 0 Å². The van der Waals surface area contributed by atoms with E-state index in [0.717, 1.165) is 41.5 Å². The maximum absolute atomic E-state index is 6.10. The summed E-state index contributed by atoms with van der Waals surface area (Å²) in [6, 6.07) is 7.53. The number of nitrogens with zero attached hydrogens (tertiary/aromatic N) is 5. The zero-order valence-corrected chi connectivity index (χ0v) is 16.5. The van der Waals surface area contributed by atoms with Gasteiger partial charge in [0.05, 0.1) is 0 Å². The summed E-state index contributed by atoms with van der Waals surface area (Å²) in [5.74, 6) is 0. The van der Waals surface area contributed by atoms with Crippen molar-refractivity contribution in [2.75, 3.05) is 31.1 Å². The fourth-order valence-corrected chi connectivity index (χ4v) is 4.53. The molecule has 0 atom stereocenters.